The lowest BCUT2D eigenvalue weighted by molar-refractivity contribution is 0.0981. The van der Waals surface area contributed by atoms with Gasteiger partial charge in [0.2, 0.25) is 0 Å². The molecule has 4 aromatic rings. The molecule has 1 fully saturated rings. The minimum atomic E-state index is -4.39. The minimum absolute atomic E-state index is 0.0991. The topological polar surface area (TPSA) is 119 Å². The van der Waals surface area contributed by atoms with Crippen LogP contribution in [0.5, 0.6) is 0 Å². The molecule has 1 aliphatic heterocycles. The molecule has 0 saturated carbocycles. The van der Waals surface area contributed by atoms with Crippen LogP contribution in [0.1, 0.15) is 68.8 Å². The summed E-state index contributed by atoms with van der Waals surface area (Å²) in [5.41, 5.74) is 5.93. The Balaban J connectivity index is 1.07. The maximum absolute atomic E-state index is 13.5. The summed E-state index contributed by atoms with van der Waals surface area (Å²) in [5.74, 6) is -0.121. The van der Waals surface area contributed by atoms with Crippen LogP contribution in [-0.2, 0) is 20.7 Å². The Labute approximate surface area is 367 Å². The SMILES string of the molecule is CCCN(C)CC[C@H](CSc1ccccc1)Nc1ccc(S(=O)(=O)NC(=O)c2ccc(N3CCN(CC4=C(c5ccc(Cl)cc5)CCC(C)(C)C4)CC3)cc2)cc1[SH](=O)=O. The number of sulfonamides is 1. The standard InChI is InChI=1S/C46H58ClN5O5S3/c1-5-24-50(4)25-22-38(33-58-40-9-7-6-8-10-40)48-43-20-19-41(30-44(43)59(54)55)60(56,57)49-45(53)35-13-17-39(18-14-35)52-28-26-51(27-29-52)32-36-31-46(2,3)23-21-42(36)34-11-15-37(47)16-12-34/h6-20,30,38,48,59H,5,21-29,31-33H2,1-4H3,(H,49,53)/t38-/m1/s1. The highest BCUT2D eigenvalue weighted by Gasteiger charge is 2.30. The van der Waals surface area contributed by atoms with Gasteiger partial charge in [0.25, 0.3) is 15.9 Å². The maximum Gasteiger partial charge on any atom is 0.264 e. The van der Waals surface area contributed by atoms with Gasteiger partial charge in [-0.1, -0.05) is 68.3 Å². The molecule has 1 aliphatic carbocycles. The number of piperazine rings is 1. The smallest absolute Gasteiger partial charge is 0.264 e. The number of nitrogens with zero attached hydrogens (tertiary/aromatic N) is 3. The van der Waals surface area contributed by atoms with E-state index < -0.39 is 26.6 Å². The zero-order valence-electron chi connectivity index (χ0n) is 35.0. The Bertz CT molecular complexity index is 2290. The van der Waals surface area contributed by atoms with Gasteiger partial charge in [-0.15, -0.1) is 11.8 Å². The van der Waals surface area contributed by atoms with Crippen molar-refractivity contribution >= 4 is 66.9 Å². The predicted molar refractivity (Wildman–Crippen MR) is 248 cm³/mol. The zero-order valence-corrected chi connectivity index (χ0v) is 38.3. The summed E-state index contributed by atoms with van der Waals surface area (Å²) in [5, 5.41) is 4.13. The number of nitrogens with one attached hydrogen (secondary N) is 2. The number of carbonyl (C=O) groups is 1. The number of hydrogen-bond acceptors (Lipinski definition) is 10. The number of anilines is 2. The van der Waals surface area contributed by atoms with Gasteiger partial charge >= 0.3 is 0 Å². The van der Waals surface area contributed by atoms with Crippen LogP contribution in [0.2, 0.25) is 5.02 Å². The molecular weight excluding hydrogens is 834 g/mol. The Morgan fingerprint density at radius 2 is 1.63 bits per heavy atom. The van der Waals surface area contributed by atoms with E-state index in [0.29, 0.717) is 11.4 Å². The molecule has 1 heterocycles. The van der Waals surface area contributed by atoms with Crippen molar-refractivity contribution in [2.45, 2.75) is 73.6 Å². The second-order valence-electron chi connectivity index (χ2n) is 16.7. The van der Waals surface area contributed by atoms with Crippen LogP contribution in [0.25, 0.3) is 5.57 Å². The van der Waals surface area contributed by atoms with Gasteiger partial charge in [0.05, 0.1) is 15.5 Å². The van der Waals surface area contributed by atoms with E-state index in [1.165, 1.54) is 28.8 Å². The van der Waals surface area contributed by atoms with Crippen molar-refractivity contribution in [3.8, 4) is 0 Å². The average molecular weight is 893 g/mol. The largest absolute Gasteiger partial charge is 0.380 e. The third-order valence-electron chi connectivity index (χ3n) is 11.4. The van der Waals surface area contributed by atoms with Crippen molar-refractivity contribution in [2.75, 3.05) is 68.8 Å². The summed E-state index contributed by atoms with van der Waals surface area (Å²) in [6.07, 6.45) is 5.06. The average Bonchev–Trinajstić information content (AvgIpc) is 3.22. The van der Waals surface area contributed by atoms with Crippen molar-refractivity contribution in [2.24, 2.45) is 5.41 Å². The molecule has 0 bridgehead atoms. The predicted octanol–water partition coefficient (Wildman–Crippen LogP) is 8.52. The molecule has 0 unspecified atom stereocenters. The normalized spacial score (nSPS) is 16.6. The molecule has 6 rings (SSSR count). The summed E-state index contributed by atoms with van der Waals surface area (Å²) >= 11 is 7.87. The Hall–Kier alpha value is -3.85. The highest BCUT2D eigenvalue weighted by Crippen LogP contribution is 2.43. The molecule has 4 aromatic carbocycles. The quantitative estimate of drug-likeness (QED) is 0.0663. The zero-order chi connectivity index (χ0) is 42.9. The summed E-state index contributed by atoms with van der Waals surface area (Å²) in [6.45, 7) is 13.0. The first-order valence-electron chi connectivity index (χ1n) is 20.7. The van der Waals surface area contributed by atoms with E-state index in [1.54, 1.807) is 23.9 Å². The van der Waals surface area contributed by atoms with Gasteiger partial charge in [0.15, 0.2) is 10.7 Å². The van der Waals surface area contributed by atoms with E-state index in [-0.39, 0.29) is 26.8 Å². The van der Waals surface area contributed by atoms with Gasteiger partial charge in [-0.05, 0) is 136 Å². The molecule has 1 amide bonds. The highest BCUT2D eigenvalue weighted by molar-refractivity contribution is 7.99. The van der Waals surface area contributed by atoms with E-state index in [2.05, 4.69) is 64.7 Å². The van der Waals surface area contributed by atoms with Gasteiger partial charge in [0, 0.05) is 65.7 Å². The molecule has 0 aromatic heterocycles. The van der Waals surface area contributed by atoms with Gasteiger partial charge < -0.3 is 15.1 Å². The minimum Gasteiger partial charge on any atom is -0.380 e. The fourth-order valence-electron chi connectivity index (χ4n) is 8.01. The number of thiol groups is 1. The molecule has 14 heteroatoms. The number of hydrogen-bond donors (Lipinski definition) is 3. The lowest BCUT2D eigenvalue weighted by atomic mass is 9.73. The number of rotatable bonds is 18. The summed E-state index contributed by atoms with van der Waals surface area (Å²) in [7, 11) is -5.49. The monoisotopic (exact) mass is 891 g/mol. The molecule has 2 N–H and O–H groups in total. The van der Waals surface area contributed by atoms with Crippen molar-refractivity contribution in [3.63, 3.8) is 0 Å². The van der Waals surface area contributed by atoms with Crippen molar-refractivity contribution < 1.29 is 21.6 Å². The van der Waals surface area contributed by atoms with Gasteiger partial charge in [-0.2, -0.15) is 0 Å². The first kappa shape index (κ1) is 45.7. The Morgan fingerprint density at radius 1 is 0.933 bits per heavy atom. The fraction of sp³-hybridized carbons (Fsp3) is 0.413. The number of benzene rings is 4. The number of halogens is 1. The fourth-order valence-corrected chi connectivity index (χ4v) is 10.8. The number of thioether (sulfide) groups is 1. The highest BCUT2D eigenvalue weighted by atomic mass is 35.5. The van der Waals surface area contributed by atoms with Crippen LogP contribution in [-0.4, -0.2) is 97.2 Å². The van der Waals surface area contributed by atoms with Gasteiger partial charge in [0.1, 0.15) is 0 Å². The van der Waals surface area contributed by atoms with E-state index in [9.17, 15) is 21.6 Å². The molecule has 1 atom stereocenters. The first-order valence-corrected chi connectivity index (χ1v) is 24.7. The van der Waals surface area contributed by atoms with Crippen LogP contribution in [0.3, 0.4) is 0 Å². The van der Waals surface area contributed by atoms with Crippen molar-refractivity contribution in [1.82, 2.24) is 14.5 Å². The number of allylic oxidation sites excluding steroid dienone is 1. The van der Waals surface area contributed by atoms with E-state index in [4.69, 9.17) is 11.6 Å². The van der Waals surface area contributed by atoms with Crippen LogP contribution in [0.15, 0.2) is 117 Å². The summed E-state index contributed by atoms with van der Waals surface area (Å²) < 4.78 is 54.1. The maximum atomic E-state index is 13.5. The van der Waals surface area contributed by atoms with Gasteiger partial charge in [-0.25, -0.2) is 21.6 Å². The van der Waals surface area contributed by atoms with E-state index >= 15 is 0 Å². The molecule has 0 spiro atoms. The lowest BCUT2D eigenvalue weighted by Gasteiger charge is -2.39. The third-order valence-corrected chi connectivity index (χ3v) is 14.9. The second kappa shape index (κ2) is 20.8. The lowest BCUT2D eigenvalue weighted by Crippen LogP contribution is -2.47. The molecular formula is C46H58ClN5O5S3. The Kier molecular flexibility index (Phi) is 15.8. The number of carbonyl (C=O) groups excluding carboxylic acids is 1. The molecule has 2 aliphatic rings. The van der Waals surface area contributed by atoms with Crippen molar-refractivity contribution in [1.29, 1.82) is 0 Å². The summed E-state index contributed by atoms with van der Waals surface area (Å²) in [4.78, 5) is 21.0. The van der Waals surface area contributed by atoms with Crippen LogP contribution < -0.4 is 14.9 Å². The molecule has 322 valence electrons. The molecule has 60 heavy (non-hydrogen) atoms. The van der Waals surface area contributed by atoms with Crippen molar-refractivity contribution in [3.05, 3.63) is 119 Å². The first-order chi connectivity index (χ1) is 28.7. The molecule has 10 nitrogen and oxygen atoms in total. The van der Waals surface area contributed by atoms with E-state index in [0.717, 1.165) is 99.6 Å². The molecule has 0 radical (unpaired) electrons. The van der Waals surface area contributed by atoms with E-state index in [1.807, 2.05) is 54.6 Å². The van der Waals surface area contributed by atoms with Crippen LogP contribution in [0.4, 0.5) is 11.4 Å². The van der Waals surface area contributed by atoms with Gasteiger partial charge in [-0.3, -0.25) is 9.69 Å². The second-order valence-corrected chi connectivity index (χ2v) is 20.9. The van der Waals surface area contributed by atoms with Crippen LogP contribution in [0, 0.1) is 5.41 Å². The van der Waals surface area contributed by atoms with Crippen LogP contribution >= 0.6 is 23.4 Å². The third kappa shape index (κ3) is 12.6. The molecule has 1 saturated heterocycles. The summed E-state index contributed by atoms with van der Waals surface area (Å²) in [6, 6.07) is 28.9. The number of amides is 1. The Morgan fingerprint density at radius 3 is 2.30 bits per heavy atom.